The smallest absolute Gasteiger partial charge is 0.124 e. The van der Waals surface area contributed by atoms with Gasteiger partial charge >= 0.3 is 0 Å². The van der Waals surface area contributed by atoms with Gasteiger partial charge in [0.25, 0.3) is 0 Å². The standard InChI is InChI=1S/C13H17Cl2N3/c1-9(17(2)3)8-18-12-5-4-10(15)6-11(12)16-13(18)7-14/h4-6,9H,7-8H2,1-3H3. The molecule has 18 heavy (non-hydrogen) atoms. The van der Waals surface area contributed by atoms with Crippen LogP contribution in [0.15, 0.2) is 18.2 Å². The van der Waals surface area contributed by atoms with Crippen LogP contribution in [-0.4, -0.2) is 34.6 Å². The molecule has 1 heterocycles. The van der Waals surface area contributed by atoms with Crippen LogP contribution in [0.3, 0.4) is 0 Å². The third-order valence-corrected chi connectivity index (χ3v) is 3.71. The van der Waals surface area contributed by atoms with Crippen molar-refractivity contribution in [3.8, 4) is 0 Å². The molecule has 1 atom stereocenters. The lowest BCUT2D eigenvalue weighted by Crippen LogP contribution is -2.29. The number of hydrogen-bond donors (Lipinski definition) is 0. The van der Waals surface area contributed by atoms with Gasteiger partial charge in [-0.3, -0.25) is 0 Å². The Kier molecular flexibility index (Phi) is 4.15. The average Bonchev–Trinajstić information content (AvgIpc) is 2.66. The van der Waals surface area contributed by atoms with Crippen molar-refractivity contribution in [1.29, 1.82) is 0 Å². The quantitative estimate of drug-likeness (QED) is 0.803. The molecule has 0 aliphatic rings. The highest BCUT2D eigenvalue weighted by Gasteiger charge is 2.13. The number of likely N-dealkylation sites (N-methyl/N-ethyl adjacent to an activating group) is 1. The van der Waals surface area contributed by atoms with Gasteiger partial charge in [0.15, 0.2) is 0 Å². The van der Waals surface area contributed by atoms with Gasteiger partial charge in [-0.25, -0.2) is 4.98 Å². The van der Waals surface area contributed by atoms with Gasteiger partial charge in [-0.15, -0.1) is 11.6 Å². The van der Waals surface area contributed by atoms with E-state index in [1.807, 2.05) is 18.2 Å². The summed E-state index contributed by atoms with van der Waals surface area (Å²) in [5.74, 6) is 1.30. The van der Waals surface area contributed by atoms with Crippen LogP contribution in [-0.2, 0) is 12.4 Å². The first-order valence-corrected chi connectivity index (χ1v) is 6.81. The van der Waals surface area contributed by atoms with Crippen molar-refractivity contribution in [1.82, 2.24) is 14.5 Å². The maximum absolute atomic E-state index is 5.99. The van der Waals surface area contributed by atoms with Crippen molar-refractivity contribution in [3.63, 3.8) is 0 Å². The Balaban J connectivity index is 2.47. The number of benzene rings is 1. The predicted octanol–water partition coefficient (Wildman–Crippen LogP) is 3.38. The lowest BCUT2D eigenvalue weighted by molar-refractivity contribution is 0.284. The highest BCUT2D eigenvalue weighted by Crippen LogP contribution is 2.22. The number of halogens is 2. The minimum absolute atomic E-state index is 0.409. The minimum atomic E-state index is 0.409. The van der Waals surface area contributed by atoms with E-state index < -0.39 is 0 Å². The van der Waals surface area contributed by atoms with Gasteiger partial charge in [-0.2, -0.15) is 0 Å². The van der Waals surface area contributed by atoms with E-state index in [-0.39, 0.29) is 0 Å². The van der Waals surface area contributed by atoms with Crippen LogP contribution in [0.4, 0.5) is 0 Å². The molecule has 98 valence electrons. The molecule has 0 amide bonds. The minimum Gasteiger partial charge on any atom is -0.325 e. The second-order valence-corrected chi connectivity index (χ2v) is 5.42. The Labute approximate surface area is 117 Å². The van der Waals surface area contributed by atoms with E-state index in [1.165, 1.54) is 0 Å². The van der Waals surface area contributed by atoms with Crippen LogP contribution in [0.25, 0.3) is 11.0 Å². The van der Waals surface area contributed by atoms with E-state index in [1.54, 1.807) is 0 Å². The number of fused-ring (bicyclic) bond motifs is 1. The lowest BCUT2D eigenvalue weighted by Gasteiger charge is -2.21. The number of aromatic nitrogens is 2. The molecule has 0 saturated carbocycles. The summed E-state index contributed by atoms with van der Waals surface area (Å²) in [6.45, 7) is 3.05. The molecule has 0 fully saturated rings. The predicted molar refractivity (Wildman–Crippen MR) is 77.4 cm³/mol. The van der Waals surface area contributed by atoms with Crippen LogP contribution in [0.2, 0.25) is 5.02 Å². The number of rotatable bonds is 4. The fraction of sp³-hybridized carbons (Fsp3) is 0.462. The Morgan fingerprint density at radius 3 is 2.72 bits per heavy atom. The zero-order valence-corrected chi connectivity index (χ0v) is 12.3. The van der Waals surface area contributed by atoms with E-state index in [0.29, 0.717) is 16.9 Å². The molecule has 0 N–H and O–H groups in total. The van der Waals surface area contributed by atoms with Gasteiger partial charge in [0.2, 0.25) is 0 Å². The summed E-state index contributed by atoms with van der Waals surface area (Å²) in [5, 5.41) is 0.703. The van der Waals surface area contributed by atoms with Crippen LogP contribution in [0.5, 0.6) is 0 Å². The molecule has 3 nitrogen and oxygen atoms in total. The molecule has 0 bridgehead atoms. The molecule has 0 aliphatic carbocycles. The van der Waals surface area contributed by atoms with Crippen LogP contribution in [0, 0.1) is 0 Å². The lowest BCUT2D eigenvalue weighted by atomic mass is 10.3. The summed E-state index contributed by atoms with van der Waals surface area (Å²) in [5.41, 5.74) is 1.99. The highest BCUT2D eigenvalue weighted by molar-refractivity contribution is 6.31. The van der Waals surface area contributed by atoms with Crippen LogP contribution < -0.4 is 0 Å². The molecule has 1 unspecified atom stereocenters. The van der Waals surface area contributed by atoms with Crippen molar-refractivity contribution in [2.75, 3.05) is 14.1 Å². The van der Waals surface area contributed by atoms with Crippen molar-refractivity contribution < 1.29 is 0 Å². The monoisotopic (exact) mass is 285 g/mol. The maximum Gasteiger partial charge on any atom is 0.124 e. The van der Waals surface area contributed by atoms with Crippen LogP contribution in [0.1, 0.15) is 12.7 Å². The van der Waals surface area contributed by atoms with E-state index >= 15 is 0 Å². The van der Waals surface area contributed by atoms with Crippen molar-refractivity contribution in [2.24, 2.45) is 0 Å². The number of hydrogen-bond acceptors (Lipinski definition) is 2. The van der Waals surface area contributed by atoms with Crippen molar-refractivity contribution in [3.05, 3.63) is 29.0 Å². The summed E-state index contributed by atoms with van der Waals surface area (Å²) in [7, 11) is 4.14. The molecule has 5 heteroatoms. The molecule has 0 saturated heterocycles. The zero-order valence-electron chi connectivity index (χ0n) is 10.8. The van der Waals surface area contributed by atoms with Crippen molar-refractivity contribution >= 4 is 34.2 Å². The molecule has 0 spiro atoms. The molecule has 0 radical (unpaired) electrons. The van der Waals surface area contributed by atoms with Gasteiger partial charge in [0.05, 0.1) is 16.9 Å². The summed E-state index contributed by atoms with van der Waals surface area (Å²) in [6, 6.07) is 6.19. The maximum atomic E-state index is 5.99. The fourth-order valence-electron chi connectivity index (χ4n) is 1.89. The first-order chi connectivity index (χ1) is 8.52. The summed E-state index contributed by atoms with van der Waals surface area (Å²) in [6.07, 6.45) is 0. The summed E-state index contributed by atoms with van der Waals surface area (Å²) < 4.78 is 2.17. The van der Waals surface area contributed by atoms with Gasteiger partial charge in [0, 0.05) is 17.6 Å². The first kappa shape index (κ1) is 13.7. The SMILES string of the molecule is CC(Cn1c(CCl)nc2cc(Cl)ccc21)N(C)C. The van der Waals surface area contributed by atoms with Crippen molar-refractivity contribution in [2.45, 2.75) is 25.4 Å². The highest BCUT2D eigenvalue weighted by atomic mass is 35.5. The molecule has 1 aromatic carbocycles. The molecular formula is C13H17Cl2N3. The molecular weight excluding hydrogens is 269 g/mol. The third-order valence-electron chi connectivity index (χ3n) is 3.24. The number of alkyl halides is 1. The van der Waals surface area contributed by atoms with E-state index in [2.05, 4.69) is 35.5 Å². The summed E-state index contributed by atoms with van der Waals surface area (Å²) >= 11 is 12.0. The summed E-state index contributed by atoms with van der Waals surface area (Å²) in [4.78, 5) is 6.71. The van der Waals surface area contributed by atoms with E-state index in [9.17, 15) is 0 Å². The van der Waals surface area contributed by atoms with E-state index in [4.69, 9.17) is 23.2 Å². The normalized spacial score (nSPS) is 13.4. The topological polar surface area (TPSA) is 21.1 Å². The number of nitrogens with zero attached hydrogens (tertiary/aromatic N) is 3. The van der Waals surface area contributed by atoms with Gasteiger partial charge in [0.1, 0.15) is 5.82 Å². The Bertz CT molecular complexity index is 548. The molecule has 2 aromatic rings. The second kappa shape index (κ2) is 5.47. The van der Waals surface area contributed by atoms with Crippen LogP contribution >= 0.6 is 23.2 Å². The van der Waals surface area contributed by atoms with Gasteiger partial charge < -0.3 is 9.47 Å². The first-order valence-electron chi connectivity index (χ1n) is 5.90. The number of imidazole rings is 1. The molecule has 0 aliphatic heterocycles. The molecule has 2 rings (SSSR count). The largest absolute Gasteiger partial charge is 0.325 e. The second-order valence-electron chi connectivity index (χ2n) is 4.72. The zero-order chi connectivity index (χ0) is 13.3. The third kappa shape index (κ3) is 2.63. The van der Waals surface area contributed by atoms with Gasteiger partial charge in [-0.05, 0) is 39.2 Å². The Morgan fingerprint density at radius 1 is 1.39 bits per heavy atom. The average molecular weight is 286 g/mol. The van der Waals surface area contributed by atoms with E-state index in [0.717, 1.165) is 23.4 Å². The molecule has 1 aromatic heterocycles. The Hall–Kier alpha value is -0.770. The Morgan fingerprint density at radius 2 is 2.11 bits per heavy atom. The van der Waals surface area contributed by atoms with Gasteiger partial charge in [-0.1, -0.05) is 11.6 Å². The fourth-order valence-corrected chi connectivity index (χ4v) is 2.26.